The molecule has 0 aromatic carbocycles. The number of nitrogens with zero attached hydrogens (tertiary/aromatic N) is 1. The predicted octanol–water partition coefficient (Wildman–Crippen LogP) is 1.48. The molecule has 0 amide bonds. The summed E-state index contributed by atoms with van der Waals surface area (Å²) in [5.74, 6) is 0.676. The van der Waals surface area contributed by atoms with Crippen LogP contribution in [0, 0.1) is 5.92 Å². The van der Waals surface area contributed by atoms with E-state index >= 15 is 0 Å². The monoisotopic (exact) mass is 139 g/mol. The Morgan fingerprint density at radius 3 is 3.00 bits per heavy atom. The Labute approximate surface area is 60.8 Å². The molecule has 3 heteroatoms. The van der Waals surface area contributed by atoms with Gasteiger partial charge in [-0.1, -0.05) is 13.8 Å². The molecule has 0 saturated heterocycles. The van der Waals surface area contributed by atoms with Gasteiger partial charge in [0, 0.05) is 12.7 Å². The molecule has 1 heterocycles. The van der Waals surface area contributed by atoms with Gasteiger partial charge < -0.3 is 5.32 Å². The highest BCUT2D eigenvalue weighted by molar-refractivity contribution is 5.37. The van der Waals surface area contributed by atoms with Gasteiger partial charge in [-0.3, -0.25) is 5.10 Å². The second kappa shape index (κ2) is 3.25. The summed E-state index contributed by atoms with van der Waals surface area (Å²) in [6.07, 6.45) is 3.63. The van der Waals surface area contributed by atoms with E-state index in [0.29, 0.717) is 5.92 Å². The first kappa shape index (κ1) is 7.12. The third-order valence-electron chi connectivity index (χ3n) is 1.21. The molecule has 0 unspecified atom stereocenters. The van der Waals surface area contributed by atoms with Crippen molar-refractivity contribution in [3.8, 4) is 0 Å². The van der Waals surface area contributed by atoms with Gasteiger partial charge in [-0.05, 0) is 5.92 Å². The van der Waals surface area contributed by atoms with Gasteiger partial charge in [0.15, 0.2) is 0 Å². The largest absolute Gasteiger partial charge is 0.382 e. The Kier molecular flexibility index (Phi) is 2.31. The molecule has 0 fully saturated rings. The summed E-state index contributed by atoms with van der Waals surface area (Å²) >= 11 is 0. The average Bonchev–Trinajstić information content (AvgIpc) is 2.34. The van der Waals surface area contributed by atoms with Gasteiger partial charge in [-0.15, -0.1) is 0 Å². The van der Waals surface area contributed by atoms with E-state index in [2.05, 4.69) is 29.4 Å². The summed E-state index contributed by atoms with van der Waals surface area (Å²) < 4.78 is 0. The smallest absolute Gasteiger partial charge is 0.0723 e. The molecule has 0 aliphatic heterocycles. The number of nitrogens with one attached hydrogen (secondary N) is 2. The highest BCUT2D eigenvalue weighted by Crippen LogP contribution is 2.02. The van der Waals surface area contributed by atoms with Crippen LogP contribution in [-0.4, -0.2) is 16.7 Å². The zero-order chi connectivity index (χ0) is 7.40. The van der Waals surface area contributed by atoms with Crippen LogP contribution in [-0.2, 0) is 0 Å². The summed E-state index contributed by atoms with van der Waals surface area (Å²) in [5, 5.41) is 9.78. The van der Waals surface area contributed by atoms with Crippen LogP contribution < -0.4 is 5.32 Å². The van der Waals surface area contributed by atoms with Crippen molar-refractivity contribution in [1.82, 2.24) is 10.2 Å². The Hall–Kier alpha value is -0.990. The fraction of sp³-hybridized carbons (Fsp3) is 0.571. The first-order chi connectivity index (χ1) is 4.79. The molecule has 2 N–H and O–H groups in total. The van der Waals surface area contributed by atoms with Crippen molar-refractivity contribution >= 4 is 5.69 Å². The lowest BCUT2D eigenvalue weighted by Crippen LogP contribution is -2.06. The molecule has 1 rings (SSSR count). The molecule has 10 heavy (non-hydrogen) atoms. The molecule has 1 aromatic rings. The van der Waals surface area contributed by atoms with Crippen LogP contribution in [0.25, 0.3) is 0 Å². The molecule has 0 aliphatic rings. The topological polar surface area (TPSA) is 40.7 Å². The van der Waals surface area contributed by atoms with Crippen molar-refractivity contribution in [3.63, 3.8) is 0 Å². The van der Waals surface area contributed by atoms with E-state index in [4.69, 9.17) is 0 Å². The summed E-state index contributed by atoms with van der Waals surface area (Å²) in [5.41, 5.74) is 1.06. The lowest BCUT2D eigenvalue weighted by molar-refractivity contribution is 0.689. The van der Waals surface area contributed by atoms with Crippen molar-refractivity contribution in [2.45, 2.75) is 13.8 Å². The van der Waals surface area contributed by atoms with Crippen molar-refractivity contribution in [3.05, 3.63) is 12.4 Å². The standard InChI is InChI=1S/C7H13N3/c1-6(2)3-8-7-4-9-10-5-7/h4-6,8H,3H2,1-2H3,(H,9,10). The number of aromatic nitrogens is 2. The van der Waals surface area contributed by atoms with Gasteiger partial charge in [0.2, 0.25) is 0 Å². The lowest BCUT2D eigenvalue weighted by atomic mass is 10.2. The van der Waals surface area contributed by atoms with Gasteiger partial charge >= 0.3 is 0 Å². The van der Waals surface area contributed by atoms with E-state index in [-0.39, 0.29) is 0 Å². The van der Waals surface area contributed by atoms with Crippen LogP contribution in [0.3, 0.4) is 0 Å². The molecule has 3 nitrogen and oxygen atoms in total. The minimum atomic E-state index is 0.676. The molecule has 0 radical (unpaired) electrons. The predicted molar refractivity (Wildman–Crippen MR) is 41.9 cm³/mol. The SMILES string of the molecule is CC(C)CNc1cn[nH]c1. The van der Waals surface area contributed by atoms with Gasteiger partial charge in [0.25, 0.3) is 0 Å². The van der Waals surface area contributed by atoms with Gasteiger partial charge in [-0.25, -0.2) is 0 Å². The van der Waals surface area contributed by atoms with Gasteiger partial charge in [0.1, 0.15) is 0 Å². The lowest BCUT2D eigenvalue weighted by Gasteiger charge is -2.04. The van der Waals surface area contributed by atoms with Crippen molar-refractivity contribution in [1.29, 1.82) is 0 Å². The molecule has 0 atom stereocenters. The number of hydrogen-bond donors (Lipinski definition) is 2. The first-order valence-corrected chi connectivity index (χ1v) is 3.51. The fourth-order valence-electron chi connectivity index (χ4n) is 0.670. The van der Waals surface area contributed by atoms with E-state index in [9.17, 15) is 0 Å². The number of rotatable bonds is 3. The molecule has 1 aromatic heterocycles. The third kappa shape index (κ3) is 2.09. The van der Waals surface area contributed by atoms with Crippen molar-refractivity contribution < 1.29 is 0 Å². The fourth-order valence-corrected chi connectivity index (χ4v) is 0.670. The van der Waals surface area contributed by atoms with Crippen LogP contribution in [0.4, 0.5) is 5.69 Å². The average molecular weight is 139 g/mol. The molecule has 0 aliphatic carbocycles. The van der Waals surface area contributed by atoms with Crippen LogP contribution >= 0.6 is 0 Å². The summed E-state index contributed by atoms with van der Waals surface area (Å²) in [6, 6.07) is 0. The van der Waals surface area contributed by atoms with E-state index < -0.39 is 0 Å². The maximum absolute atomic E-state index is 3.81. The molecule has 0 saturated carbocycles. The molecule has 0 spiro atoms. The molecule has 56 valence electrons. The quantitative estimate of drug-likeness (QED) is 0.666. The Balaban J connectivity index is 2.28. The van der Waals surface area contributed by atoms with E-state index in [1.807, 2.05) is 6.20 Å². The second-order valence-corrected chi connectivity index (χ2v) is 2.76. The second-order valence-electron chi connectivity index (χ2n) is 2.76. The van der Waals surface area contributed by atoms with Crippen molar-refractivity contribution in [2.75, 3.05) is 11.9 Å². The van der Waals surface area contributed by atoms with E-state index in [1.54, 1.807) is 6.20 Å². The number of H-pyrrole nitrogens is 1. The van der Waals surface area contributed by atoms with Crippen molar-refractivity contribution in [2.24, 2.45) is 5.92 Å². The summed E-state index contributed by atoms with van der Waals surface area (Å²) in [4.78, 5) is 0. The Morgan fingerprint density at radius 2 is 2.50 bits per heavy atom. The molecule has 0 bridgehead atoms. The normalized spacial score (nSPS) is 10.3. The number of hydrogen-bond acceptors (Lipinski definition) is 2. The highest BCUT2D eigenvalue weighted by Gasteiger charge is 1.93. The Morgan fingerprint density at radius 1 is 1.70 bits per heavy atom. The maximum Gasteiger partial charge on any atom is 0.0723 e. The zero-order valence-electron chi connectivity index (χ0n) is 6.39. The minimum absolute atomic E-state index is 0.676. The number of anilines is 1. The number of aromatic amines is 1. The van der Waals surface area contributed by atoms with Crippen LogP contribution in [0.2, 0.25) is 0 Å². The Bertz CT molecular complexity index is 167. The first-order valence-electron chi connectivity index (χ1n) is 3.51. The van der Waals surface area contributed by atoms with Gasteiger partial charge in [0.05, 0.1) is 11.9 Å². The van der Waals surface area contributed by atoms with Crippen LogP contribution in [0.1, 0.15) is 13.8 Å². The summed E-state index contributed by atoms with van der Waals surface area (Å²) in [6.45, 7) is 5.35. The van der Waals surface area contributed by atoms with Crippen LogP contribution in [0.15, 0.2) is 12.4 Å². The zero-order valence-corrected chi connectivity index (χ0v) is 6.39. The minimum Gasteiger partial charge on any atom is -0.382 e. The van der Waals surface area contributed by atoms with Crippen LogP contribution in [0.5, 0.6) is 0 Å². The van der Waals surface area contributed by atoms with E-state index in [0.717, 1.165) is 12.2 Å². The molecular formula is C7H13N3. The maximum atomic E-state index is 3.81. The summed E-state index contributed by atoms with van der Waals surface area (Å²) in [7, 11) is 0. The van der Waals surface area contributed by atoms with Gasteiger partial charge in [-0.2, -0.15) is 5.10 Å². The third-order valence-corrected chi connectivity index (χ3v) is 1.21. The highest BCUT2D eigenvalue weighted by atomic mass is 15.1. The molecular weight excluding hydrogens is 126 g/mol. The van der Waals surface area contributed by atoms with E-state index in [1.165, 1.54) is 0 Å².